The fourth-order valence-electron chi connectivity index (χ4n) is 9.82. The van der Waals surface area contributed by atoms with E-state index in [-0.39, 0.29) is 36.8 Å². The summed E-state index contributed by atoms with van der Waals surface area (Å²) in [4.78, 5) is 64.4. The molecule has 0 aliphatic carbocycles. The lowest BCUT2D eigenvalue weighted by molar-refractivity contribution is -0.178. The number of hydrogen-bond donors (Lipinski definition) is 3. The maximum absolute atomic E-state index is 16.3. The fourth-order valence-corrected chi connectivity index (χ4v) is 9.82. The van der Waals surface area contributed by atoms with E-state index in [4.69, 9.17) is 18.9 Å². The Kier molecular flexibility index (Phi) is 12.6. The quantitative estimate of drug-likeness (QED) is 0.0691. The van der Waals surface area contributed by atoms with Gasteiger partial charge in [-0.15, -0.1) is 0 Å². The van der Waals surface area contributed by atoms with Crippen LogP contribution in [0.2, 0.25) is 0 Å². The van der Waals surface area contributed by atoms with Crippen molar-refractivity contribution < 1.29 is 48.3 Å². The number of nitrogens with one attached hydrogen (secondary N) is 1. The van der Waals surface area contributed by atoms with Crippen LogP contribution in [0, 0.1) is 17.8 Å². The summed E-state index contributed by atoms with van der Waals surface area (Å²) < 4.78 is 22.7. The number of cyclic esters (lactones) is 1. The van der Waals surface area contributed by atoms with E-state index in [1.165, 1.54) is 19.2 Å². The second-order valence-corrected chi connectivity index (χ2v) is 16.5. The van der Waals surface area contributed by atoms with Crippen molar-refractivity contribution in [2.45, 2.75) is 35.7 Å². The number of ether oxygens (including phenoxy) is 4. The van der Waals surface area contributed by atoms with Crippen LogP contribution in [0.25, 0.3) is 0 Å². The number of methoxy groups -OCH3 is 2. The van der Waals surface area contributed by atoms with Crippen LogP contribution < -0.4 is 15.0 Å². The standard InChI is InChI=1S/C54H47N3O10/c1-64-30-31-66-53(63)56-43-29-22-35(19-18-34-20-27-41(65-2)28-21-34)32-42(43)54(52(56)62)45(50(60)55-33-44(59)36-12-6-3-7-13-36)47-51(61)67-48(38-16-10-5-11-17-38)46(37-14-8-4-9-15-37)57(47)49(54)39-23-25-40(58)26-24-39/h3-17,20-29,32,44-49,58-59H,30-31,33H2,1-2H3,(H,55,60). The number of fused-ring (bicyclic) bond motifs is 3. The summed E-state index contributed by atoms with van der Waals surface area (Å²) in [6.45, 7) is -0.434. The van der Waals surface area contributed by atoms with Gasteiger partial charge in [-0.05, 0) is 82.4 Å². The molecule has 3 N–H and O–H groups in total. The number of anilines is 1. The molecule has 13 nitrogen and oxygen atoms in total. The van der Waals surface area contributed by atoms with Gasteiger partial charge in [-0.25, -0.2) is 9.69 Å². The van der Waals surface area contributed by atoms with E-state index in [1.54, 1.807) is 92.0 Å². The second-order valence-electron chi connectivity index (χ2n) is 16.5. The molecule has 7 unspecified atom stereocenters. The summed E-state index contributed by atoms with van der Waals surface area (Å²) in [7, 11) is 3.02. The van der Waals surface area contributed by atoms with Gasteiger partial charge in [-0.1, -0.05) is 115 Å². The molecule has 9 rings (SSSR count). The second kappa shape index (κ2) is 19.0. The molecule has 6 aromatic carbocycles. The first-order valence-corrected chi connectivity index (χ1v) is 21.8. The number of carbonyl (C=O) groups is 4. The van der Waals surface area contributed by atoms with Crippen LogP contribution in [0.4, 0.5) is 10.5 Å². The van der Waals surface area contributed by atoms with E-state index in [9.17, 15) is 15.0 Å². The number of hydrogen-bond acceptors (Lipinski definition) is 11. The zero-order valence-corrected chi connectivity index (χ0v) is 36.7. The van der Waals surface area contributed by atoms with Gasteiger partial charge in [0.15, 0.2) is 0 Å². The summed E-state index contributed by atoms with van der Waals surface area (Å²) >= 11 is 0. The number of amides is 3. The molecule has 0 saturated carbocycles. The van der Waals surface area contributed by atoms with Crippen LogP contribution in [0.1, 0.15) is 63.2 Å². The molecular formula is C54H47N3O10. The average Bonchev–Trinajstić information content (AvgIpc) is 3.82. The molecule has 0 aromatic heterocycles. The van der Waals surface area contributed by atoms with E-state index >= 15 is 14.4 Å². The third-order valence-corrected chi connectivity index (χ3v) is 12.7. The Labute approximate surface area is 387 Å². The minimum atomic E-state index is -2.10. The number of imide groups is 1. The van der Waals surface area contributed by atoms with Gasteiger partial charge in [-0.2, -0.15) is 0 Å². The van der Waals surface area contributed by atoms with Gasteiger partial charge in [0, 0.05) is 24.8 Å². The van der Waals surface area contributed by atoms with Crippen molar-refractivity contribution >= 4 is 29.6 Å². The molecule has 67 heavy (non-hydrogen) atoms. The van der Waals surface area contributed by atoms with Crippen LogP contribution in [0.5, 0.6) is 11.5 Å². The number of esters is 1. The maximum atomic E-state index is 16.3. The molecule has 338 valence electrons. The highest BCUT2D eigenvalue weighted by Gasteiger charge is 2.75. The number of benzene rings is 6. The fraction of sp³-hybridized carbons (Fsp3) is 0.222. The van der Waals surface area contributed by atoms with Crippen molar-refractivity contribution in [1.29, 1.82) is 0 Å². The molecule has 3 aliphatic heterocycles. The van der Waals surface area contributed by atoms with E-state index in [2.05, 4.69) is 17.2 Å². The molecule has 2 saturated heterocycles. The summed E-state index contributed by atoms with van der Waals surface area (Å²) in [6.07, 6.45) is -3.13. The molecule has 3 amide bonds. The van der Waals surface area contributed by atoms with Crippen LogP contribution in [0.3, 0.4) is 0 Å². The van der Waals surface area contributed by atoms with Crippen molar-refractivity contribution in [2.24, 2.45) is 5.92 Å². The van der Waals surface area contributed by atoms with E-state index in [0.29, 0.717) is 39.1 Å². The van der Waals surface area contributed by atoms with Gasteiger partial charge in [0.2, 0.25) is 11.8 Å². The molecular weight excluding hydrogens is 851 g/mol. The first kappa shape index (κ1) is 44.4. The van der Waals surface area contributed by atoms with E-state index < -0.39 is 65.5 Å². The van der Waals surface area contributed by atoms with Gasteiger partial charge in [0.05, 0.1) is 43.5 Å². The zero-order chi connectivity index (χ0) is 46.7. The normalized spacial score (nSPS) is 22.2. The van der Waals surface area contributed by atoms with Crippen molar-refractivity contribution in [2.75, 3.05) is 38.9 Å². The van der Waals surface area contributed by atoms with Gasteiger partial charge in [0.25, 0.3) is 0 Å². The predicted molar refractivity (Wildman–Crippen MR) is 247 cm³/mol. The van der Waals surface area contributed by atoms with E-state index in [0.717, 1.165) is 4.90 Å². The van der Waals surface area contributed by atoms with Crippen molar-refractivity contribution in [3.8, 4) is 23.3 Å². The SMILES string of the molecule is COCCOC(=O)N1C(=O)C2(c3cc(C#Cc4ccc(OC)cc4)ccc31)C(C(=O)NCC(O)c1ccccc1)C1C(=O)OC(c3ccccc3)C(c3ccccc3)N1C2c1ccc(O)cc1. The predicted octanol–water partition coefficient (Wildman–Crippen LogP) is 7.10. The number of aromatic hydroxyl groups is 1. The maximum Gasteiger partial charge on any atom is 0.421 e. The first-order chi connectivity index (χ1) is 32.6. The lowest BCUT2D eigenvalue weighted by Gasteiger charge is -2.46. The largest absolute Gasteiger partial charge is 0.508 e. The highest BCUT2D eigenvalue weighted by atomic mass is 16.6. The molecule has 3 heterocycles. The van der Waals surface area contributed by atoms with Crippen molar-refractivity contribution in [3.05, 3.63) is 197 Å². The topological polar surface area (TPSA) is 164 Å². The summed E-state index contributed by atoms with van der Waals surface area (Å²) in [5.41, 5.74) is 1.73. The molecule has 7 atom stereocenters. The van der Waals surface area contributed by atoms with Crippen LogP contribution in [-0.2, 0) is 34.0 Å². The Bertz CT molecular complexity index is 2830. The Balaban J connectivity index is 1.32. The Morgan fingerprint density at radius 2 is 1.37 bits per heavy atom. The molecule has 6 aromatic rings. The lowest BCUT2D eigenvalue weighted by atomic mass is 9.65. The zero-order valence-electron chi connectivity index (χ0n) is 36.7. The number of morpholine rings is 1. The highest BCUT2D eigenvalue weighted by molar-refractivity contribution is 6.23. The van der Waals surface area contributed by atoms with E-state index in [1.807, 2.05) is 65.6 Å². The average molecular weight is 898 g/mol. The van der Waals surface area contributed by atoms with Gasteiger partial charge >= 0.3 is 12.1 Å². The molecule has 1 spiro atoms. The number of phenols is 1. The van der Waals surface area contributed by atoms with Crippen LogP contribution in [-0.4, -0.2) is 79.0 Å². The molecule has 0 bridgehead atoms. The number of rotatable bonds is 11. The summed E-state index contributed by atoms with van der Waals surface area (Å²) in [5, 5.41) is 25.0. The van der Waals surface area contributed by atoms with Crippen LogP contribution >= 0.6 is 0 Å². The highest BCUT2D eigenvalue weighted by Crippen LogP contribution is 2.66. The lowest BCUT2D eigenvalue weighted by Crippen LogP contribution is -2.56. The Morgan fingerprint density at radius 1 is 0.746 bits per heavy atom. The Morgan fingerprint density at radius 3 is 2.03 bits per heavy atom. The number of carbonyl (C=O) groups excluding carboxylic acids is 4. The minimum absolute atomic E-state index is 0.0396. The molecule has 13 heteroatoms. The smallest absolute Gasteiger partial charge is 0.421 e. The number of nitrogens with zero attached hydrogens (tertiary/aromatic N) is 2. The first-order valence-electron chi connectivity index (χ1n) is 21.8. The number of phenolic OH excluding ortho intramolecular Hbond substituents is 1. The van der Waals surface area contributed by atoms with Gasteiger partial charge in [0.1, 0.15) is 35.7 Å². The third kappa shape index (κ3) is 8.16. The Hall–Kier alpha value is -7.76. The third-order valence-electron chi connectivity index (χ3n) is 12.7. The molecule has 2 fully saturated rings. The summed E-state index contributed by atoms with van der Waals surface area (Å²) in [5.74, 6) is 2.99. The molecule has 3 aliphatic rings. The van der Waals surface area contributed by atoms with Gasteiger partial charge in [-0.3, -0.25) is 19.3 Å². The minimum Gasteiger partial charge on any atom is -0.508 e. The monoisotopic (exact) mass is 897 g/mol. The number of aliphatic hydroxyl groups is 1. The van der Waals surface area contributed by atoms with Gasteiger partial charge < -0.3 is 34.5 Å². The van der Waals surface area contributed by atoms with Crippen molar-refractivity contribution in [1.82, 2.24) is 10.2 Å². The number of aliphatic hydroxyl groups excluding tert-OH is 1. The molecule has 0 radical (unpaired) electrons. The van der Waals surface area contributed by atoms with Crippen molar-refractivity contribution in [3.63, 3.8) is 0 Å². The summed E-state index contributed by atoms with van der Waals surface area (Å²) in [6, 6.07) is 42.3. The van der Waals surface area contributed by atoms with Crippen LogP contribution in [0.15, 0.2) is 158 Å².